The van der Waals surface area contributed by atoms with Crippen LogP contribution in [-0.2, 0) is 0 Å². The summed E-state index contributed by atoms with van der Waals surface area (Å²) in [4.78, 5) is 5.15. The lowest BCUT2D eigenvalue weighted by molar-refractivity contribution is 0.668. The molecule has 21 rings (SSSR count). The fraction of sp³-hybridized carbons (Fsp3) is 0. The van der Waals surface area contributed by atoms with E-state index in [-0.39, 0.29) is 6.71 Å². The molecule has 450 valence electrons. The Hall–Kier alpha value is -12.8. The van der Waals surface area contributed by atoms with Crippen LogP contribution in [0.25, 0.3) is 143 Å². The number of hydrogen-bond acceptors (Lipinski definition) is 4. The molecule has 2 aliphatic heterocycles. The number of fused-ring (bicyclic) bond motifs is 16. The maximum Gasteiger partial charge on any atom is 0.252 e. The fourth-order valence-corrected chi connectivity index (χ4v) is 16.6. The van der Waals surface area contributed by atoms with Gasteiger partial charge in [0.25, 0.3) is 6.71 Å². The van der Waals surface area contributed by atoms with Crippen molar-refractivity contribution in [2.24, 2.45) is 0 Å². The van der Waals surface area contributed by atoms with Crippen LogP contribution in [0.2, 0.25) is 0 Å². The van der Waals surface area contributed by atoms with E-state index < -0.39 is 0 Å². The first-order chi connectivity index (χ1) is 48.1. The Kier molecular flexibility index (Phi) is 11.5. The van der Waals surface area contributed by atoms with Crippen molar-refractivity contribution >= 4 is 145 Å². The third kappa shape index (κ3) is 7.91. The number of para-hydroxylation sites is 10. The third-order valence-corrected chi connectivity index (χ3v) is 20.7. The molecule has 0 amide bonds. The quantitative estimate of drug-likeness (QED) is 0.142. The van der Waals surface area contributed by atoms with E-state index in [1.165, 1.54) is 60.0 Å². The van der Waals surface area contributed by atoms with Gasteiger partial charge in [-0.15, -0.1) is 0 Å². The molecule has 6 nitrogen and oxygen atoms in total. The molecule has 0 bridgehead atoms. The van der Waals surface area contributed by atoms with Gasteiger partial charge < -0.3 is 27.8 Å². The van der Waals surface area contributed by atoms with Crippen molar-refractivity contribution < 1.29 is 8.83 Å². The molecule has 15 aromatic carbocycles. The molecule has 6 heterocycles. The maximum atomic E-state index is 6.47. The summed E-state index contributed by atoms with van der Waals surface area (Å²) in [7, 11) is 0. The van der Waals surface area contributed by atoms with Crippen molar-refractivity contribution in [3.05, 3.63) is 334 Å². The second-order valence-electron chi connectivity index (χ2n) is 25.8. The summed E-state index contributed by atoms with van der Waals surface area (Å²) < 4.78 is 17.9. The Labute approximate surface area is 558 Å². The highest BCUT2D eigenvalue weighted by Crippen LogP contribution is 2.51. The number of hydrogen-bond donors (Lipinski definition) is 0. The minimum absolute atomic E-state index is 0.187. The Bertz CT molecular complexity index is 6030. The number of nitrogens with zero attached hydrogens (tertiary/aromatic N) is 4. The Morgan fingerprint density at radius 3 is 0.918 bits per heavy atom. The van der Waals surface area contributed by atoms with Gasteiger partial charge >= 0.3 is 0 Å². The van der Waals surface area contributed by atoms with Crippen molar-refractivity contribution in [2.45, 2.75) is 0 Å². The van der Waals surface area contributed by atoms with E-state index in [1.54, 1.807) is 0 Å². The summed E-state index contributed by atoms with van der Waals surface area (Å²) in [5.41, 5.74) is 29.7. The molecule has 0 aliphatic carbocycles. The number of benzene rings is 15. The van der Waals surface area contributed by atoms with Crippen LogP contribution in [0.4, 0.5) is 34.1 Å². The van der Waals surface area contributed by atoms with Gasteiger partial charge in [0.05, 0.1) is 44.8 Å². The fourth-order valence-electron chi connectivity index (χ4n) is 16.6. The second-order valence-corrected chi connectivity index (χ2v) is 25.8. The minimum atomic E-state index is -0.187. The minimum Gasteiger partial charge on any atom is -0.456 e. The van der Waals surface area contributed by atoms with Crippen LogP contribution in [0, 0.1) is 0 Å². The van der Waals surface area contributed by atoms with Crippen LogP contribution in [0.1, 0.15) is 0 Å². The molecule has 0 saturated heterocycles. The first-order valence-electron chi connectivity index (χ1n) is 33.3. The summed E-state index contributed by atoms with van der Waals surface area (Å²) in [6, 6.07) is 123. The van der Waals surface area contributed by atoms with Crippen molar-refractivity contribution in [1.29, 1.82) is 0 Å². The summed E-state index contributed by atoms with van der Waals surface area (Å²) in [6.07, 6.45) is 0. The molecule has 0 unspecified atom stereocenters. The topological polar surface area (TPSA) is 42.6 Å². The lowest BCUT2D eigenvalue weighted by Gasteiger charge is -2.45. The standard InChI is InChI=1S/C90H55BN4O2/c1-13-34-76(60(22-1)56-46-50-88-70(52-56)68-30-9-19-42-86(68)96-88)94-82-40-21-41-83-90(82)91(72-48-44-58(54-84(72)94)62-24-3-11-32-74(62)92-78-36-15-5-26-64(78)65-27-6-16-37-79(65)92)73-49-45-59(63-25-4-12-33-75(63)93-80-38-17-7-28-66(80)67-29-8-18-39-81(67)93)55-85(73)95(83)77-35-14-2-23-61(77)57-47-51-89-71(53-57)69-31-10-20-43-87(69)97-89/h1-55H. The lowest BCUT2D eigenvalue weighted by atomic mass is 9.33. The van der Waals surface area contributed by atoms with Crippen LogP contribution in [0.3, 0.4) is 0 Å². The molecule has 0 spiro atoms. The van der Waals surface area contributed by atoms with Crippen LogP contribution in [0.5, 0.6) is 0 Å². The molecule has 0 fully saturated rings. The molecule has 0 atom stereocenters. The predicted molar refractivity (Wildman–Crippen MR) is 405 cm³/mol. The Morgan fingerprint density at radius 2 is 0.505 bits per heavy atom. The zero-order chi connectivity index (χ0) is 63.4. The molecule has 0 N–H and O–H groups in total. The number of rotatable bonds is 8. The van der Waals surface area contributed by atoms with Gasteiger partial charge in [-0.3, -0.25) is 0 Å². The van der Waals surface area contributed by atoms with Gasteiger partial charge in [-0.1, -0.05) is 224 Å². The van der Waals surface area contributed by atoms with E-state index in [2.05, 4.69) is 340 Å². The van der Waals surface area contributed by atoms with Crippen molar-refractivity contribution in [2.75, 3.05) is 9.80 Å². The average Bonchev–Trinajstić information content (AvgIpc) is 1.59. The molecule has 19 aromatic rings. The van der Waals surface area contributed by atoms with Gasteiger partial charge in [-0.2, -0.15) is 0 Å². The summed E-state index contributed by atoms with van der Waals surface area (Å²) in [6.45, 7) is -0.187. The average molecular weight is 1240 g/mol. The molecule has 0 radical (unpaired) electrons. The molecule has 7 heteroatoms. The number of furan rings is 2. The van der Waals surface area contributed by atoms with E-state index in [4.69, 9.17) is 8.83 Å². The number of anilines is 6. The van der Waals surface area contributed by atoms with Gasteiger partial charge in [0.15, 0.2) is 0 Å². The zero-order valence-electron chi connectivity index (χ0n) is 52.4. The van der Waals surface area contributed by atoms with Crippen LogP contribution < -0.4 is 26.2 Å². The van der Waals surface area contributed by atoms with Crippen LogP contribution >= 0.6 is 0 Å². The number of aromatic nitrogens is 2. The van der Waals surface area contributed by atoms with E-state index in [0.29, 0.717) is 0 Å². The van der Waals surface area contributed by atoms with Gasteiger partial charge in [0.2, 0.25) is 0 Å². The van der Waals surface area contributed by atoms with E-state index >= 15 is 0 Å². The predicted octanol–water partition coefficient (Wildman–Crippen LogP) is 22.4. The zero-order valence-corrected chi connectivity index (χ0v) is 52.4. The highest BCUT2D eigenvalue weighted by Gasteiger charge is 2.44. The van der Waals surface area contributed by atoms with Crippen molar-refractivity contribution in [3.63, 3.8) is 0 Å². The summed E-state index contributed by atoms with van der Waals surface area (Å²) in [5.74, 6) is 0. The highest BCUT2D eigenvalue weighted by atomic mass is 16.3. The second kappa shape index (κ2) is 20.8. The maximum absolute atomic E-state index is 6.47. The first-order valence-corrected chi connectivity index (χ1v) is 33.3. The summed E-state index contributed by atoms with van der Waals surface area (Å²) in [5, 5.41) is 9.30. The smallest absolute Gasteiger partial charge is 0.252 e. The normalized spacial score (nSPS) is 12.7. The van der Waals surface area contributed by atoms with E-state index in [1.807, 2.05) is 12.1 Å². The Balaban J connectivity index is 0.830. The van der Waals surface area contributed by atoms with Crippen LogP contribution in [-0.4, -0.2) is 15.8 Å². The van der Waals surface area contributed by atoms with Gasteiger partial charge in [0, 0.05) is 88.1 Å². The first kappa shape index (κ1) is 53.6. The third-order valence-electron chi connectivity index (χ3n) is 20.7. The van der Waals surface area contributed by atoms with Crippen molar-refractivity contribution in [1.82, 2.24) is 9.13 Å². The van der Waals surface area contributed by atoms with Gasteiger partial charge in [-0.05, 0) is 148 Å². The van der Waals surface area contributed by atoms with Gasteiger partial charge in [-0.25, -0.2) is 0 Å². The Morgan fingerprint density at radius 1 is 0.206 bits per heavy atom. The lowest BCUT2D eigenvalue weighted by Crippen LogP contribution is -2.61. The van der Waals surface area contributed by atoms with E-state index in [9.17, 15) is 0 Å². The molecule has 97 heavy (non-hydrogen) atoms. The molecule has 4 aromatic heterocycles. The molecular weight excluding hydrogens is 1180 g/mol. The molecule has 0 saturated carbocycles. The van der Waals surface area contributed by atoms with Gasteiger partial charge in [0.1, 0.15) is 22.3 Å². The molecule has 2 aliphatic rings. The van der Waals surface area contributed by atoms with Crippen LogP contribution in [0.15, 0.2) is 342 Å². The largest absolute Gasteiger partial charge is 0.456 e. The summed E-state index contributed by atoms with van der Waals surface area (Å²) >= 11 is 0. The highest BCUT2D eigenvalue weighted by molar-refractivity contribution is 7.00. The van der Waals surface area contributed by atoms with Crippen molar-refractivity contribution in [3.8, 4) is 55.9 Å². The van der Waals surface area contributed by atoms with E-state index in [0.717, 1.165) is 134 Å². The SMILES string of the molecule is c1ccc(N2c3cc(-c4ccccc4-n4c5ccccc5c5ccccc54)ccc3B3c4ccc(-c5ccccc5-n5c6ccccc6c6ccccc65)cc4N(c4ccccc4-c4ccc5oc6ccccc6c5c4)c4cccc2c43)c(-c2ccc3oc4ccccc4c3c2)c1. The monoisotopic (exact) mass is 1230 g/mol. The molecular formula is C90H55BN4O2.